The first-order valence-electron chi connectivity index (χ1n) is 7.71. The number of hydrogen-bond donors (Lipinski definition) is 1. The van der Waals surface area contributed by atoms with E-state index in [-0.39, 0.29) is 6.04 Å². The van der Waals surface area contributed by atoms with E-state index in [0.717, 1.165) is 31.8 Å². The Morgan fingerprint density at radius 2 is 1.89 bits per heavy atom. The molecule has 1 heterocycles. The molecule has 1 saturated carbocycles. The van der Waals surface area contributed by atoms with Crippen LogP contribution in [-0.2, 0) is 4.79 Å². The van der Waals surface area contributed by atoms with E-state index in [1.54, 1.807) is 0 Å². The zero-order valence-corrected chi connectivity index (χ0v) is 12.0. The lowest BCUT2D eigenvalue weighted by molar-refractivity contribution is -0.137. The molecule has 3 heteroatoms. The maximum absolute atomic E-state index is 12.4. The SMILES string of the molecule is CC(C)NC1CCCN(CC2CCCCC2)C1=O. The molecule has 1 atom stereocenters. The summed E-state index contributed by atoms with van der Waals surface area (Å²) in [6.07, 6.45) is 8.93. The van der Waals surface area contributed by atoms with E-state index in [1.807, 2.05) is 0 Å². The number of nitrogens with zero attached hydrogens (tertiary/aromatic N) is 1. The molecule has 0 aromatic carbocycles. The lowest BCUT2D eigenvalue weighted by Gasteiger charge is -2.36. The van der Waals surface area contributed by atoms with Crippen LogP contribution in [-0.4, -0.2) is 36.0 Å². The van der Waals surface area contributed by atoms with Gasteiger partial charge in [0.25, 0.3) is 0 Å². The normalized spacial score (nSPS) is 26.9. The molecule has 1 aliphatic carbocycles. The van der Waals surface area contributed by atoms with Gasteiger partial charge in [0.15, 0.2) is 0 Å². The first-order valence-corrected chi connectivity index (χ1v) is 7.71. The van der Waals surface area contributed by atoms with Gasteiger partial charge in [0, 0.05) is 19.1 Å². The molecular formula is C15H28N2O. The number of hydrogen-bond acceptors (Lipinski definition) is 2. The van der Waals surface area contributed by atoms with E-state index < -0.39 is 0 Å². The average Bonchev–Trinajstić information content (AvgIpc) is 2.35. The number of nitrogens with one attached hydrogen (secondary N) is 1. The number of likely N-dealkylation sites (tertiary alicyclic amines) is 1. The summed E-state index contributed by atoms with van der Waals surface area (Å²) in [6.45, 7) is 6.22. The Hall–Kier alpha value is -0.570. The zero-order valence-electron chi connectivity index (χ0n) is 12.0. The van der Waals surface area contributed by atoms with Crippen molar-refractivity contribution in [2.75, 3.05) is 13.1 Å². The standard InChI is InChI=1S/C15H28N2O/c1-12(2)16-14-9-6-10-17(15(14)18)11-13-7-4-3-5-8-13/h12-14,16H,3-11H2,1-2H3. The first kappa shape index (κ1) is 13.9. The average molecular weight is 252 g/mol. The van der Waals surface area contributed by atoms with Crippen molar-refractivity contribution in [3.8, 4) is 0 Å². The van der Waals surface area contributed by atoms with E-state index >= 15 is 0 Å². The van der Waals surface area contributed by atoms with Crippen molar-refractivity contribution in [2.24, 2.45) is 5.92 Å². The Morgan fingerprint density at radius 1 is 1.17 bits per heavy atom. The van der Waals surface area contributed by atoms with Crippen LogP contribution in [0.15, 0.2) is 0 Å². The second-order valence-electron chi connectivity index (χ2n) is 6.30. The highest BCUT2D eigenvalue weighted by Crippen LogP contribution is 2.25. The van der Waals surface area contributed by atoms with Crippen LogP contribution in [0, 0.1) is 5.92 Å². The van der Waals surface area contributed by atoms with Crippen LogP contribution >= 0.6 is 0 Å². The predicted octanol–water partition coefficient (Wildman–Crippen LogP) is 2.56. The minimum absolute atomic E-state index is 0.0716. The summed E-state index contributed by atoms with van der Waals surface area (Å²) in [5.74, 6) is 1.11. The summed E-state index contributed by atoms with van der Waals surface area (Å²) in [4.78, 5) is 14.5. The maximum atomic E-state index is 12.4. The number of piperidine rings is 1. The molecule has 0 radical (unpaired) electrons. The van der Waals surface area contributed by atoms with Gasteiger partial charge in [0.1, 0.15) is 0 Å². The molecule has 1 amide bonds. The molecule has 2 rings (SSSR count). The monoisotopic (exact) mass is 252 g/mol. The molecule has 18 heavy (non-hydrogen) atoms. The quantitative estimate of drug-likeness (QED) is 0.834. The summed E-state index contributed by atoms with van der Waals surface area (Å²) < 4.78 is 0. The fraction of sp³-hybridized carbons (Fsp3) is 0.933. The molecule has 2 fully saturated rings. The molecule has 1 saturated heterocycles. The molecule has 0 aromatic rings. The van der Waals surface area contributed by atoms with Crippen LogP contribution in [0.5, 0.6) is 0 Å². The van der Waals surface area contributed by atoms with Crippen molar-refractivity contribution in [1.82, 2.24) is 10.2 Å². The third-order valence-corrected chi connectivity index (χ3v) is 4.27. The molecule has 104 valence electrons. The first-order chi connectivity index (χ1) is 8.66. The van der Waals surface area contributed by atoms with Gasteiger partial charge in [0.2, 0.25) is 5.91 Å². The van der Waals surface area contributed by atoms with Gasteiger partial charge in [-0.15, -0.1) is 0 Å². The fourth-order valence-corrected chi connectivity index (χ4v) is 3.36. The van der Waals surface area contributed by atoms with E-state index in [1.165, 1.54) is 32.1 Å². The van der Waals surface area contributed by atoms with Crippen molar-refractivity contribution in [3.63, 3.8) is 0 Å². The maximum Gasteiger partial charge on any atom is 0.239 e. The summed E-state index contributed by atoms with van der Waals surface area (Å²) in [6, 6.07) is 0.468. The van der Waals surface area contributed by atoms with Gasteiger partial charge < -0.3 is 10.2 Å². The second kappa shape index (κ2) is 6.55. The van der Waals surface area contributed by atoms with Crippen molar-refractivity contribution in [2.45, 2.75) is 70.9 Å². The smallest absolute Gasteiger partial charge is 0.239 e. The molecule has 0 spiro atoms. The third kappa shape index (κ3) is 3.71. The number of carbonyl (C=O) groups is 1. The van der Waals surface area contributed by atoms with Gasteiger partial charge in [-0.05, 0) is 31.6 Å². The Kier molecular flexibility index (Phi) is 5.04. The summed E-state index contributed by atoms with van der Waals surface area (Å²) >= 11 is 0. The Bertz CT molecular complexity index is 272. The van der Waals surface area contributed by atoms with E-state index in [9.17, 15) is 4.79 Å². The highest BCUT2D eigenvalue weighted by Gasteiger charge is 2.30. The van der Waals surface area contributed by atoms with E-state index in [0.29, 0.717) is 11.9 Å². The number of amides is 1. The van der Waals surface area contributed by atoms with Gasteiger partial charge >= 0.3 is 0 Å². The molecule has 1 aliphatic heterocycles. The minimum atomic E-state index is 0.0716. The van der Waals surface area contributed by atoms with Crippen LogP contribution in [0.1, 0.15) is 58.8 Å². The van der Waals surface area contributed by atoms with Crippen molar-refractivity contribution in [3.05, 3.63) is 0 Å². The summed E-state index contributed by atoms with van der Waals surface area (Å²) in [7, 11) is 0. The van der Waals surface area contributed by atoms with Crippen LogP contribution < -0.4 is 5.32 Å². The van der Waals surface area contributed by atoms with E-state index in [2.05, 4.69) is 24.1 Å². The topological polar surface area (TPSA) is 32.3 Å². The second-order valence-corrected chi connectivity index (χ2v) is 6.30. The lowest BCUT2D eigenvalue weighted by atomic mass is 9.88. The van der Waals surface area contributed by atoms with Gasteiger partial charge in [-0.3, -0.25) is 4.79 Å². The van der Waals surface area contributed by atoms with E-state index in [4.69, 9.17) is 0 Å². The van der Waals surface area contributed by atoms with Gasteiger partial charge in [-0.2, -0.15) is 0 Å². The number of rotatable bonds is 4. The van der Waals surface area contributed by atoms with Crippen molar-refractivity contribution < 1.29 is 4.79 Å². The van der Waals surface area contributed by atoms with Gasteiger partial charge in [-0.1, -0.05) is 33.1 Å². The molecule has 1 N–H and O–H groups in total. The molecule has 2 aliphatic rings. The molecule has 0 aromatic heterocycles. The largest absolute Gasteiger partial charge is 0.341 e. The van der Waals surface area contributed by atoms with Crippen LogP contribution in [0.3, 0.4) is 0 Å². The molecule has 0 bridgehead atoms. The number of carbonyl (C=O) groups excluding carboxylic acids is 1. The van der Waals surface area contributed by atoms with Gasteiger partial charge in [-0.25, -0.2) is 0 Å². The molecular weight excluding hydrogens is 224 g/mol. The summed E-state index contributed by atoms with van der Waals surface area (Å²) in [5.41, 5.74) is 0. The van der Waals surface area contributed by atoms with Crippen LogP contribution in [0.25, 0.3) is 0 Å². The lowest BCUT2D eigenvalue weighted by Crippen LogP contribution is -2.53. The van der Waals surface area contributed by atoms with Crippen molar-refractivity contribution in [1.29, 1.82) is 0 Å². The Balaban J connectivity index is 1.85. The highest BCUT2D eigenvalue weighted by atomic mass is 16.2. The Morgan fingerprint density at radius 3 is 2.56 bits per heavy atom. The van der Waals surface area contributed by atoms with Gasteiger partial charge in [0.05, 0.1) is 6.04 Å². The van der Waals surface area contributed by atoms with Crippen LogP contribution in [0.2, 0.25) is 0 Å². The molecule has 3 nitrogen and oxygen atoms in total. The fourth-order valence-electron chi connectivity index (χ4n) is 3.36. The third-order valence-electron chi connectivity index (χ3n) is 4.27. The Labute approximate surface area is 111 Å². The molecule has 1 unspecified atom stereocenters. The zero-order chi connectivity index (χ0) is 13.0. The van der Waals surface area contributed by atoms with Crippen molar-refractivity contribution >= 4 is 5.91 Å². The predicted molar refractivity (Wildman–Crippen MR) is 74.4 cm³/mol. The summed E-state index contributed by atoms with van der Waals surface area (Å²) in [5, 5.41) is 3.41. The van der Waals surface area contributed by atoms with Crippen LogP contribution in [0.4, 0.5) is 0 Å². The highest BCUT2D eigenvalue weighted by molar-refractivity contribution is 5.82. The minimum Gasteiger partial charge on any atom is -0.341 e.